The van der Waals surface area contributed by atoms with Gasteiger partial charge in [0.15, 0.2) is 0 Å². The van der Waals surface area contributed by atoms with Gasteiger partial charge in [-0.15, -0.1) is 0 Å². The zero-order chi connectivity index (χ0) is 8.69. The van der Waals surface area contributed by atoms with Gasteiger partial charge in [0.25, 0.3) is 0 Å². The molecule has 0 spiro atoms. The first kappa shape index (κ1) is 10.9. The van der Waals surface area contributed by atoms with Crippen molar-refractivity contribution in [2.75, 3.05) is 13.2 Å². The summed E-state index contributed by atoms with van der Waals surface area (Å²) in [6.07, 6.45) is 2.29. The first-order chi connectivity index (χ1) is 5.20. The minimum atomic E-state index is 0.227. The van der Waals surface area contributed by atoms with Crippen molar-refractivity contribution in [3.8, 4) is 0 Å². The molecule has 2 nitrogen and oxygen atoms in total. The zero-order valence-corrected chi connectivity index (χ0v) is 7.97. The van der Waals surface area contributed by atoms with Crippen molar-refractivity contribution >= 4 is 0 Å². The Morgan fingerprint density at radius 2 is 2.00 bits per heavy atom. The van der Waals surface area contributed by atoms with Crippen molar-refractivity contribution in [3.63, 3.8) is 0 Å². The normalized spacial score (nSPS) is 16.4. The molecule has 2 atom stereocenters. The zero-order valence-electron chi connectivity index (χ0n) is 7.97. The average Bonchev–Trinajstić information content (AvgIpc) is 2.00. The van der Waals surface area contributed by atoms with Gasteiger partial charge in [0.1, 0.15) is 0 Å². The van der Waals surface area contributed by atoms with Crippen LogP contribution in [0.25, 0.3) is 0 Å². The van der Waals surface area contributed by atoms with E-state index in [0.717, 1.165) is 18.9 Å². The molecule has 0 aliphatic heterocycles. The number of rotatable bonds is 6. The van der Waals surface area contributed by atoms with Crippen molar-refractivity contribution in [1.82, 2.24) is 0 Å². The fourth-order valence-corrected chi connectivity index (χ4v) is 1.02. The van der Waals surface area contributed by atoms with E-state index in [0.29, 0.717) is 6.61 Å². The topological polar surface area (TPSA) is 35.2 Å². The lowest BCUT2D eigenvalue weighted by molar-refractivity contribution is 0.126. The smallest absolute Gasteiger partial charge is 0.0617 e. The number of ether oxygens (including phenoxy) is 1. The SMILES string of the molecule is CCOCC(N)CC(C)CC. The third-order valence-electron chi connectivity index (χ3n) is 1.94. The Morgan fingerprint density at radius 3 is 2.45 bits per heavy atom. The molecule has 0 aromatic carbocycles. The van der Waals surface area contributed by atoms with E-state index in [4.69, 9.17) is 10.5 Å². The molecular formula is C9H21NO. The lowest BCUT2D eigenvalue weighted by Crippen LogP contribution is -2.28. The minimum Gasteiger partial charge on any atom is -0.380 e. The summed E-state index contributed by atoms with van der Waals surface area (Å²) in [5.74, 6) is 0.727. The van der Waals surface area contributed by atoms with E-state index in [1.165, 1.54) is 6.42 Å². The van der Waals surface area contributed by atoms with Crippen LogP contribution in [0.4, 0.5) is 0 Å². The Morgan fingerprint density at radius 1 is 1.36 bits per heavy atom. The largest absolute Gasteiger partial charge is 0.380 e. The van der Waals surface area contributed by atoms with Gasteiger partial charge in [0.05, 0.1) is 6.61 Å². The highest BCUT2D eigenvalue weighted by molar-refractivity contribution is 4.63. The van der Waals surface area contributed by atoms with E-state index in [1.54, 1.807) is 0 Å². The van der Waals surface area contributed by atoms with Crippen LogP contribution in [0.5, 0.6) is 0 Å². The molecule has 0 aromatic heterocycles. The Labute approximate surface area is 70.1 Å². The third kappa shape index (κ3) is 6.32. The van der Waals surface area contributed by atoms with Crippen LogP contribution in [-0.2, 0) is 4.74 Å². The second-order valence-corrected chi connectivity index (χ2v) is 3.17. The molecular weight excluding hydrogens is 138 g/mol. The molecule has 0 saturated heterocycles. The molecule has 11 heavy (non-hydrogen) atoms. The van der Waals surface area contributed by atoms with Crippen molar-refractivity contribution in [2.45, 2.75) is 39.7 Å². The Hall–Kier alpha value is -0.0800. The predicted octanol–water partition coefficient (Wildman–Crippen LogP) is 1.79. The molecule has 2 unspecified atom stereocenters. The fourth-order valence-electron chi connectivity index (χ4n) is 1.02. The van der Waals surface area contributed by atoms with Crippen LogP contribution in [0.1, 0.15) is 33.6 Å². The van der Waals surface area contributed by atoms with Crippen LogP contribution in [0.3, 0.4) is 0 Å². The fraction of sp³-hybridized carbons (Fsp3) is 1.00. The van der Waals surface area contributed by atoms with Gasteiger partial charge in [0, 0.05) is 12.6 Å². The third-order valence-corrected chi connectivity index (χ3v) is 1.94. The molecule has 2 N–H and O–H groups in total. The van der Waals surface area contributed by atoms with Gasteiger partial charge in [-0.05, 0) is 19.3 Å². The standard InChI is InChI=1S/C9H21NO/c1-4-8(3)6-9(10)7-11-5-2/h8-9H,4-7,10H2,1-3H3. The number of hydrogen-bond donors (Lipinski definition) is 1. The molecule has 0 saturated carbocycles. The Balaban J connectivity index is 3.27. The molecule has 0 bridgehead atoms. The molecule has 0 aliphatic carbocycles. The van der Waals surface area contributed by atoms with Gasteiger partial charge >= 0.3 is 0 Å². The summed E-state index contributed by atoms with van der Waals surface area (Å²) in [5, 5.41) is 0. The summed E-state index contributed by atoms with van der Waals surface area (Å²) in [6, 6.07) is 0.227. The molecule has 68 valence electrons. The number of nitrogens with two attached hydrogens (primary N) is 1. The van der Waals surface area contributed by atoms with Gasteiger partial charge in [0.2, 0.25) is 0 Å². The lowest BCUT2D eigenvalue weighted by Gasteiger charge is -2.15. The first-order valence-corrected chi connectivity index (χ1v) is 4.54. The summed E-state index contributed by atoms with van der Waals surface area (Å²) in [6.45, 7) is 7.90. The average molecular weight is 159 g/mol. The summed E-state index contributed by atoms with van der Waals surface area (Å²) < 4.78 is 5.22. The molecule has 0 amide bonds. The van der Waals surface area contributed by atoms with Gasteiger partial charge in [-0.25, -0.2) is 0 Å². The van der Waals surface area contributed by atoms with E-state index in [9.17, 15) is 0 Å². The molecule has 0 aromatic rings. The summed E-state index contributed by atoms with van der Waals surface area (Å²) in [5.41, 5.74) is 5.81. The molecule has 0 fully saturated rings. The van der Waals surface area contributed by atoms with Crippen LogP contribution >= 0.6 is 0 Å². The van der Waals surface area contributed by atoms with Gasteiger partial charge in [-0.1, -0.05) is 20.3 Å². The van der Waals surface area contributed by atoms with Crippen LogP contribution in [0, 0.1) is 5.92 Å². The quantitative estimate of drug-likeness (QED) is 0.641. The summed E-state index contributed by atoms with van der Waals surface area (Å²) in [4.78, 5) is 0. The van der Waals surface area contributed by atoms with Gasteiger partial charge < -0.3 is 10.5 Å². The van der Waals surface area contributed by atoms with E-state index < -0.39 is 0 Å². The first-order valence-electron chi connectivity index (χ1n) is 4.54. The van der Waals surface area contributed by atoms with E-state index in [-0.39, 0.29) is 6.04 Å². The highest BCUT2D eigenvalue weighted by Crippen LogP contribution is 2.08. The van der Waals surface area contributed by atoms with E-state index >= 15 is 0 Å². The van der Waals surface area contributed by atoms with Crippen LogP contribution in [-0.4, -0.2) is 19.3 Å². The van der Waals surface area contributed by atoms with Crippen molar-refractivity contribution in [2.24, 2.45) is 11.7 Å². The molecule has 0 aliphatic rings. The van der Waals surface area contributed by atoms with Crippen LogP contribution in [0.2, 0.25) is 0 Å². The predicted molar refractivity (Wildman–Crippen MR) is 48.5 cm³/mol. The van der Waals surface area contributed by atoms with Crippen molar-refractivity contribution in [3.05, 3.63) is 0 Å². The van der Waals surface area contributed by atoms with Crippen molar-refractivity contribution in [1.29, 1.82) is 0 Å². The molecule has 0 heterocycles. The summed E-state index contributed by atoms with van der Waals surface area (Å²) >= 11 is 0. The highest BCUT2D eigenvalue weighted by atomic mass is 16.5. The van der Waals surface area contributed by atoms with Crippen LogP contribution in [0.15, 0.2) is 0 Å². The maximum absolute atomic E-state index is 5.81. The maximum atomic E-state index is 5.81. The van der Waals surface area contributed by atoms with E-state index in [1.807, 2.05) is 6.92 Å². The maximum Gasteiger partial charge on any atom is 0.0617 e. The minimum absolute atomic E-state index is 0.227. The second kappa shape index (κ2) is 6.62. The summed E-state index contributed by atoms with van der Waals surface area (Å²) in [7, 11) is 0. The monoisotopic (exact) mass is 159 g/mol. The number of hydrogen-bond acceptors (Lipinski definition) is 2. The van der Waals surface area contributed by atoms with E-state index in [2.05, 4.69) is 13.8 Å². The van der Waals surface area contributed by atoms with Crippen molar-refractivity contribution < 1.29 is 4.74 Å². The molecule has 2 heteroatoms. The molecule has 0 rings (SSSR count). The lowest BCUT2D eigenvalue weighted by atomic mass is 10.0. The Bertz CT molecular complexity index is 85.6. The second-order valence-electron chi connectivity index (χ2n) is 3.17. The van der Waals surface area contributed by atoms with Gasteiger partial charge in [-0.2, -0.15) is 0 Å². The molecule has 0 radical (unpaired) electrons. The Kier molecular flexibility index (Phi) is 6.57. The highest BCUT2D eigenvalue weighted by Gasteiger charge is 2.06. The van der Waals surface area contributed by atoms with Gasteiger partial charge in [-0.3, -0.25) is 0 Å². The van der Waals surface area contributed by atoms with Crippen LogP contribution < -0.4 is 5.73 Å².